The van der Waals surface area contributed by atoms with Gasteiger partial charge in [-0.05, 0) is 33.4 Å². The maximum Gasteiger partial charge on any atom is 0.123 e. The first kappa shape index (κ1) is 12.2. The number of benzene rings is 1. The summed E-state index contributed by atoms with van der Waals surface area (Å²) >= 11 is 5.17. The van der Waals surface area contributed by atoms with Crippen LogP contribution in [0, 0.1) is 0 Å². The van der Waals surface area contributed by atoms with E-state index in [4.69, 9.17) is 4.74 Å². The molecule has 94 valence electrons. The molecular weight excluding hydrogens is 312 g/mol. The first-order valence-corrected chi connectivity index (χ1v) is 7.54. The number of para-hydroxylation sites is 1. The molecule has 1 aliphatic rings. The molecule has 0 fully saturated rings. The maximum absolute atomic E-state index is 10.4. The Hall–Kier alpha value is -0.840. The van der Waals surface area contributed by atoms with Crippen LogP contribution in [0.1, 0.15) is 16.4 Å². The molecular formula is C14H13BrO2S. The summed E-state index contributed by atoms with van der Waals surface area (Å²) < 4.78 is 6.70. The number of halogens is 1. The van der Waals surface area contributed by atoms with Crippen LogP contribution in [0.15, 0.2) is 40.2 Å². The summed E-state index contributed by atoms with van der Waals surface area (Å²) in [4.78, 5) is 1.19. The monoisotopic (exact) mass is 324 g/mol. The highest BCUT2D eigenvalue weighted by atomic mass is 79.9. The molecule has 1 aromatic heterocycles. The van der Waals surface area contributed by atoms with E-state index in [-0.39, 0.29) is 5.92 Å². The van der Waals surface area contributed by atoms with Gasteiger partial charge in [-0.3, -0.25) is 0 Å². The first-order valence-electron chi connectivity index (χ1n) is 5.87. The van der Waals surface area contributed by atoms with Crippen molar-refractivity contribution in [1.82, 2.24) is 0 Å². The quantitative estimate of drug-likeness (QED) is 0.934. The molecule has 2 aromatic rings. The second-order valence-electron chi connectivity index (χ2n) is 4.42. The Bertz CT molecular complexity index is 552. The van der Waals surface area contributed by atoms with Gasteiger partial charge < -0.3 is 9.84 Å². The lowest BCUT2D eigenvalue weighted by atomic mass is 9.93. The average molecular weight is 325 g/mol. The van der Waals surface area contributed by atoms with Crippen molar-refractivity contribution in [2.24, 2.45) is 0 Å². The summed E-state index contributed by atoms with van der Waals surface area (Å²) in [5.74, 6) is 0.988. The van der Waals surface area contributed by atoms with E-state index >= 15 is 0 Å². The van der Waals surface area contributed by atoms with Gasteiger partial charge in [0.1, 0.15) is 5.75 Å². The SMILES string of the molecule is OC(Cc1sccc1Br)C1COc2ccccc21. The Morgan fingerprint density at radius 1 is 1.39 bits per heavy atom. The molecule has 2 heterocycles. The molecule has 0 radical (unpaired) electrons. The van der Waals surface area contributed by atoms with E-state index in [9.17, 15) is 5.11 Å². The molecule has 0 spiro atoms. The first-order chi connectivity index (χ1) is 8.75. The van der Waals surface area contributed by atoms with E-state index in [2.05, 4.69) is 15.9 Å². The van der Waals surface area contributed by atoms with Crippen LogP contribution >= 0.6 is 27.3 Å². The lowest BCUT2D eigenvalue weighted by Crippen LogP contribution is -2.22. The minimum Gasteiger partial charge on any atom is -0.493 e. The third kappa shape index (κ3) is 2.20. The summed E-state index contributed by atoms with van der Waals surface area (Å²) in [7, 11) is 0. The normalized spacial score (nSPS) is 19.3. The lowest BCUT2D eigenvalue weighted by molar-refractivity contribution is 0.129. The van der Waals surface area contributed by atoms with Gasteiger partial charge in [-0.1, -0.05) is 18.2 Å². The van der Waals surface area contributed by atoms with Crippen LogP contribution in [-0.4, -0.2) is 17.8 Å². The Balaban J connectivity index is 1.79. The van der Waals surface area contributed by atoms with Crippen molar-refractivity contribution in [3.05, 3.63) is 50.6 Å². The molecule has 0 saturated carbocycles. The number of hydrogen-bond donors (Lipinski definition) is 1. The maximum atomic E-state index is 10.4. The molecule has 1 aliphatic heterocycles. The van der Waals surface area contributed by atoms with Gasteiger partial charge >= 0.3 is 0 Å². The summed E-state index contributed by atoms with van der Waals surface area (Å²) in [6.45, 7) is 0.573. The van der Waals surface area contributed by atoms with Crippen LogP contribution in [-0.2, 0) is 6.42 Å². The van der Waals surface area contributed by atoms with Crippen LogP contribution in [0.3, 0.4) is 0 Å². The highest BCUT2D eigenvalue weighted by molar-refractivity contribution is 9.10. The van der Waals surface area contributed by atoms with Gasteiger partial charge in [0, 0.05) is 27.3 Å². The Morgan fingerprint density at radius 2 is 2.22 bits per heavy atom. The fraction of sp³-hybridized carbons (Fsp3) is 0.286. The van der Waals surface area contributed by atoms with Gasteiger partial charge in [0.2, 0.25) is 0 Å². The lowest BCUT2D eigenvalue weighted by Gasteiger charge is -2.16. The fourth-order valence-electron chi connectivity index (χ4n) is 2.31. The van der Waals surface area contributed by atoms with Gasteiger partial charge in [-0.15, -0.1) is 11.3 Å². The van der Waals surface area contributed by atoms with Gasteiger partial charge in [-0.25, -0.2) is 0 Å². The summed E-state index contributed by atoms with van der Waals surface area (Å²) in [6, 6.07) is 9.98. The van der Waals surface area contributed by atoms with E-state index in [0.717, 1.165) is 15.8 Å². The van der Waals surface area contributed by atoms with Gasteiger partial charge in [0.15, 0.2) is 0 Å². The molecule has 0 saturated heterocycles. The second kappa shape index (κ2) is 5.03. The highest BCUT2D eigenvalue weighted by Gasteiger charge is 2.30. The summed E-state index contributed by atoms with van der Waals surface area (Å²) in [6.07, 6.45) is 0.268. The van der Waals surface area contributed by atoms with Gasteiger partial charge in [0.05, 0.1) is 12.7 Å². The zero-order valence-electron chi connectivity index (χ0n) is 9.67. The summed E-state index contributed by atoms with van der Waals surface area (Å²) in [5.41, 5.74) is 1.12. The standard InChI is InChI=1S/C14H13BrO2S/c15-11-5-6-18-14(11)7-12(16)10-8-17-13-4-2-1-3-9(10)13/h1-6,10,12,16H,7-8H2. The van der Waals surface area contributed by atoms with E-state index in [1.807, 2.05) is 35.7 Å². The van der Waals surface area contributed by atoms with Crippen LogP contribution < -0.4 is 4.74 Å². The predicted octanol–water partition coefficient (Wildman–Crippen LogP) is 3.59. The molecule has 2 atom stereocenters. The van der Waals surface area contributed by atoms with Gasteiger partial charge in [-0.2, -0.15) is 0 Å². The van der Waals surface area contributed by atoms with Crippen molar-refractivity contribution < 1.29 is 9.84 Å². The van der Waals surface area contributed by atoms with E-state index in [0.29, 0.717) is 13.0 Å². The van der Waals surface area contributed by atoms with Crippen molar-refractivity contribution in [2.75, 3.05) is 6.61 Å². The predicted molar refractivity (Wildman–Crippen MR) is 76.4 cm³/mol. The third-order valence-corrected chi connectivity index (χ3v) is 5.24. The van der Waals surface area contributed by atoms with Crippen molar-refractivity contribution >= 4 is 27.3 Å². The third-order valence-electron chi connectivity index (χ3n) is 3.29. The smallest absolute Gasteiger partial charge is 0.123 e. The summed E-state index contributed by atoms with van der Waals surface area (Å²) in [5, 5.41) is 12.4. The van der Waals surface area contributed by atoms with Crippen molar-refractivity contribution in [3.8, 4) is 5.75 Å². The zero-order valence-corrected chi connectivity index (χ0v) is 12.1. The Kier molecular flexibility index (Phi) is 3.41. The molecule has 3 rings (SSSR count). The second-order valence-corrected chi connectivity index (χ2v) is 6.27. The van der Waals surface area contributed by atoms with Gasteiger partial charge in [0.25, 0.3) is 0 Å². The zero-order chi connectivity index (χ0) is 12.5. The molecule has 1 N–H and O–H groups in total. The number of rotatable bonds is 3. The minimum absolute atomic E-state index is 0.0789. The van der Waals surface area contributed by atoms with E-state index in [1.165, 1.54) is 4.88 Å². The largest absolute Gasteiger partial charge is 0.493 e. The van der Waals surface area contributed by atoms with Crippen LogP contribution in [0.5, 0.6) is 5.75 Å². The molecule has 4 heteroatoms. The highest BCUT2D eigenvalue weighted by Crippen LogP contribution is 2.37. The molecule has 0 aliphatic carbocycles. The van der Waals surface area contributed by atoms with E-state index in [1.54, 1.807) is 11.3 Å². The number of ether oxygens (including phenoxy) is 1. The Labute approximate surface area is 118 Å². The molecule has 0 bridgehead atoms. The van der Waals surface area contributed by atoms with E-state index < -0.39 is 6.10 Å². The Morgan fingerprint density at radius 3 is 3.00 bits per heavy atom. The van der Waals surface area contributed by atoms with Crippen LogP contribution in [0.25, 0.3) is 0 Å². The number of hydrogen-bond acceptors (Lipinski definition) is 3. The minimum atomic E-state index is -0.399. The molecule has 0 amide bonds. The molecule has 2 nitrogen and oxygen atoms in total. The van der Waals surface area contributed by atoms with Crippen molar-refractivity contribution in [2.45, 2.75) is 18.4 Å². The topological polar surface area (TPSA) is 29.5 Å². The number of thiophene rings is 1. The van der Waals surface area contributed by atoms with Crippen molar-refractivity contribution in [1.29, 1.82) is 0 Å². The molecule has 2 unspecified atom stereocenters. The number of aliphatic hydroxyl groups is 1. The van der Waals surface area contributed by atoms with Crippen molar-refractivity contribution in [3.63, 3.8) is 0 Å². The fourth-order valence-corrected chi connectivity index (χ4v) is 3.87. The van der Waals surface area contributed by atoms with Crippen LogP contribution in [0.2, 0.25) is 0 Å². The number of fused-ring (bicyclic) bond motifs is 1. The molecule has 1 aromatic carbocycles. The molecule has 18 heavy (non-hydrogen) atoms. The van der Waals surface area contributed by atoms with Crippen LogP contribution in [0.4, 0.5) is 0 Å². The average Bonchev–Trinajstić information content (AvgIpc) is 2.96. The number of aliphatic hydroxyl groups excluding tert-OH is 1.